The van der Waals surface area contributed by atoms with Crippen LogP contribution in [0.2, 0.25) is 0 Å². The molecule has 0 spiro atoms. The molecule has 3 aromatic heterocycles. The van der Waals surface area contributed by atoms with Crippen molar-refractivity contribution in [3.05, 3.63) is 58.9 Å². The van der Waals surface area contributed by atoms with E-state index >= 15 is 0 Å². The monoisotopic (exact) mass is 359 g/mol. The van der Waals surface area contributed by atoms with E-state index in [0.717, 1.165) is 27.5 Å². The summed E-state index contributed by atoms with van der Waals surface area (Å²) in [7, 11) is 0. The topological polar surface area (TPSA) is 84.0 Å². The van der Waals surface area contributed by atoms with Crippen molar-refractivity contribution in [1.29, 1.82) is 0 Å². The first-order valence-corrected chi connectivity index (χ1v) is 8.78. The third-order valence-corrected chi connectivity index (χ3v) is 4.82. The van der Waals surface area contributed by atoms with Crippen molar-refractivity contribution in [2.45, 2.75) is 19.9 Å². The Morgan fingerprint density at radius 2 is 2.00 bits per heavy atom. The molecule has 0 saturated heterocycles. The number of aromatic amines is 1. The van der Waals surface area contributed by atoms with E-state index in [4.69, 9.17) is 9.40 Å². The number of hydrogen-bond acceptors (Lipinski definition) is 4. The zero-order valence-electron chi connectivity index (χ0n) is 14.9. The number of aromatic hydroxyl groups is 1. The maximum atomic E-state index is 11.8. The molecular formula is C21H17N3O3. The molecule has 0 saturated carbocycles. The Balaban J connectivity index is 2.02. The Bertz CT molecular complexity index is 1390. The van der Waals surface area contributed by atoms with Gasteiger partial charge in [-0.3, -0.25) is 9.48 Å². The summed E-state index contributed by atoms with van der Waals surface area (Å²) in [6, 6.07) is 12.0. The van der Waals surface area contributed by atoms with Crippen molar-refractivity contribution < 1.29 is 9.52 Å². The molecule has 27 heavy (non-hydrogen) atoms. The zero-order valence-corrected chi connectivity index (χ0v) is 14.9. The van der Waals surface area contributed by atoms with Crippen LogP contribution in [0.4, 0.5) is 0 Å². The van der Waals surface area contributed by atoms with Gasteiger partial charge in [0, 0.05) is 34.6 Å². The van der Waals surface area contributed by atoms with E-state index in [2.05, 4.69) is 18.9 Å². The minimum Gasteiger partial charge on any atom is -0.508 e. The molecule has 0 aliphatic heterocycles. The normalized spacial score (nSPS) is 12.0. The number of phenols is 1. The van der Waals surface area contributed by atoms with E-state index in [9.17, 15) is 9.90 Å². The molecule has 0 radical (unpaired) electrons. The second kappa shape index (κ2) is 5.48. The van der Waals surface area contributed by atoms with Crippen LogP contribution in [0.15, 0.2) is 57.9 Å². The molecule has 3 heterocycles. The van der Waals surface area contributed by atoms with Crippen LogP contribution in [0.3, 0.4) is 0 Å². The average Bonchev–Trinajstić information content (AvgIpc) is 3.20. The van der Waals surface area contributed by atoms with Gasteiger partial charge < -0.3 is 14.6 Å². The highest BCUT2D eigenvalue weighted by molar-refractivity contribution is 6.14. The smallest absolute Gasteiger partial charge is 0.182 e. The van der Waals surface area contributed by atoms with Crippen LogP contribution in [-0.4, -0.2) is 19.9 Å². The number of furan rings is 1. The molecule has 6 nitrogen and oxygen atoms in total. The van der Waals surface area contributed by atoms with Crippen LogP contribution in [0.1, 0.15) is 19.9 Å². The molecule has 0 aliphatic rings. The molecule has 5 rings (SSSR count). The molecule has 6 heteroatoms. The number of nitrogens with zero attached hydrogens (tertiary/aromatic N) is 2. The van der Waals surface area contributed by atoms with E-state index in [0.29, 0.717) is 16.7 Å². The fraction of sp³-hybridized carbons (Fsp3) is 0.143. The number of pyridine rings is 1. The first kappa shape index (κ1) is 15.7. The number of phenolic OH excluding ortho intramolecular Hbond substituents is 1. The lowest BCUT2D eigenvalue weighted by Crippen LogP contribution is -2.03. The highest BCUT2D eigenvalue weighted by atomic mass is 16.3. The van der Waals surface area contributed by atoms with E-state index < -0.39 is 0 Å². The standard InChI is InChI=1S/C21H17N3O3/c1-11(2)24-21-16(10-22-24)18(12-4-3-5-13(25)8-12)20-19(23-21)15-7-6-14(26)9-17(15)27-20/h3-11,22,25H,1-2H3. The van der Waals surface area contributed by atoms with Gasteiger partial charge in [0.25, 0.3) is 0 Å². The van der Waals surface area contributed by atoms with Gasteiger partial charge in [-0.25, -0.2) is 4.98 Å². The van der Waals surface area contributed by atoms with E-state index in [1.807, 2.05) is 16.9 Å². The summed E-state index contributed by atoms with van der Waals surface area (Å²) in [5.74, 6) is 0.177. The first-order chi connectivity index (χ1) is 13.0. The first-order valence-electron chi connectivity index (χ1n) is 8.78. The van der Waals surface area contributed by atoms with E-state index in [-0.39, 0.29) is 17.2 Å². The summed E-state index contributed by atoms with van der Waals surface area (Å²) >= 11 is 0. The zero-order chi connectivity index (χ0) is 18.7. The SMILES string of the molecule is CC(C)n1[nH]cc2c(-c3cccc(O)c3)c3oc4cc(=O)ccc4c3nc21. The summed E-state index contributed by atoms with van der Waals surface area (Å²) in [4.78, 5) is 16.6. The number of nitrogens with one attached hydrogen (secondary N) is 1. The summed E-state index contributed by atoms with van der Waals surface area (Å²) in [6.45, 7) is 4.15. The van der Waals surface area contributed by atoms with Crippen molar-refractivity contribution in [3.63, 3.8) is 0 Å². The van der Waals surface area contributed by atoms with Crippen LogP contribution in [-0.2, 0) is 0 Å². The Hall–Kier alpha value is -3.54. The number of rotatable bonds is 2. The highest BCUT2D eigenvalue weighted by Gasteiger charge is 2.21. The minimum absolute atomic E-state index is 0.106. The minimum atomic E-state index is -0.106. The van der Waals surface area contributed by atoms with Gasteiger partial charge in [0.1, 0.15) is 16.8 Å². The molecule has 2 N–H and O–H groups in total. The molecular weight excluding hydrogens is 342 g/mol. The van der Waals surface area contributed by atoms with Crippen LogP contribution < -0.4 is 5.43 Å². The number of H-pyrrole nitrogens is 1. The molecule has 0 fully saturated rings. The molecule has 5 aromatic rings. The lowest BCUT2D eigenvalue weighted by molar-refractivity contribution is 0.475. The molecule has 0 aliphatic carbocycles. The predicted molar refractivity (Wildman–Crippen MR) is 105 cm³/mol. The Morgan fingerprint density at radius 3 is 2.78 bits per heavy atom. The fourth-order valence-electron chi connectivity index (χ4n) is 3.60. The Morgan fingerprint density at radius 1 is 1.15 bits per heavy atom. The number of hydrogen-bond donors (Lipinski definition) is 2. The second-order valence-electron chi connectivity index (χ2n) is 6.95. The summed E-state index contributed by atoms with van der Waals surface area (Å²) < 4.78 is 8.06. The number of aromatic nitrogens is 3. The fourth-order valence-corrected chi connectivity index (χ4v) is 3.60. The van der Waals surface area contributed by atoms with Gasteiger partial charge in [-0.05, 0) is 43.7 Å². The molecule has 0 atom stereocenters. The summed E-state index contributed by atoms with van der Waals surface area (Å²) in [5.41, 5.74) is 4.16. The predicted octanol–water partition coefficient (Wildman–Crippen LogP) is 4.58. The van der Waals surface area contributed by atoms with Gasteiger partial charge in [0.05, 0.1) is 0 Å². The quantitative estimate of drug-likeness (QED) is 0.483. The molecule has 2 aromatic carbocycles. The van der Waals surface area contributed by atoms with Crippen molar-refractivity contribution in [2.75, 3.05) is 0 Å². The van der Waals surface area contributed by atoms with Gasteiger partial charge in [-0.1, -0.05) is 12.1 Å². The van der Waals surface area contributed by atoms with Crippen LogP contribution in [0.5, 0.6) is 5.75 Å². The van der Waals surface area contributed by atoms with Crippen molar-refractivity contribution in [3.8, 4) is 16.9 Å². The van der Waals surface area contributed by atoms with Crippen molar-refractivity contribution in [2.24, 2.45) is 0 Å². The van der Waals surface area contributed by atoms with E-state index in [1.165, 1.54) is 12.1 Å². The Kier molecular flexibility index (Phi) is 3.18. The van der Waals surface area contributed by atoms with Gasteiger partial charge >= 0.3 is 0 Å². The van der Waals surface area contributed by atoms with Crippen molar-refractivity contribution >= 4 is 33.1 Å². The summed E-state index contributed by atoms with van der Waals surface area (Å²) in [6.07, 6.45) is 1.90. The lowest BCUT2D eigenvalue weighted by Gasteiger charge is -2.10. The molecule has 0 unspecified atom stereocenters. The third kappa shape index (κ3) is 2.26. The average molecular weight is 359 g/mol. The van der Waals surface area contributed by atoms with Gasteiger partial charge in [-0.15, -0.1) is 0 Å². The highest BCUT2D eigenvalue weighted by Crippen LogP contribution is 2.40. The van der Waals surface area contributed by atoms with Crippen LogP contribution in [0.25, 0.3) is 44.2 Å². The van der Waals surface area contributed by atoms with Crippen LogP contribution in [0, 0.1) is 0 Å². The maximum absolute atomic E-state index is 11.8. The van der Waals surface area contributed by atoms with Crippen LogP contribution >= 0.6 is 0 Å². The largest absolute Gasteiger partial charge is 0.508 e. The second-order valence-corrected chi connectivity index (χ2v) is 6.95. The maximum Gasteiger partial charge on any atom is 0.182 e. The third-order valence-electron chi connectivity index (χ3n) is 4.82. The molecule has 0 bridgehead atoms. The molecule has 134 valence electrons. The summed E-state index contributed by atoms with van der Waals surface area (Å²) in [5, 5.41) is 14.9. The van der Waals surface area contributed by atoms with Gasteiger partial charge in [0.2, 0.25) is 0 Å². The van der Waals surface area contributed by atoms with E-state index in [1.54, 1.807) is 24.3 Å². The lowest BCUT2D eigenvalue weighted by atomic mass is 10.0. The number of fused-ring (bicyclic) bond motifs is 4. The van der Waals surface area contributed by atoms with Gasteiger partial charge in [0.15, 0.2) is 16.7 Å². The Labute approximate surface area is 153 Å². The van der Waals surface area contributed by atoms with Gasteiger partial charge in [-0.2, -0.15) is 0 Å². The molecule has 0 amide bonds. The van der Waals surface area contributed by atoms with Crippen molar-refractivity contribution in [1.82, 2.24) is 14.8 Å². The number of benzene rings is 2.